The highest BCUT2D eigenvalue weighted by Gasteiger charge is 2.18. The number of hydrogen-bond donors (Lipinski definition) is 2. The summed E-state index contributed by atoms with van der Waals surface area (Å²) in [5.41, 5.74) is 0.501. The molecule has 124 valence electrons. The van der Waals surface area contributed by atoms with Gasteiger partial charge in [0, 0.05) is 25.5 Å². The molecule has 0 saturated carbocycles. The Morgan fingerprint density at radius 3 is 2.78 bits per heavy atom. The summed E-state index contributed by atoms with van der Waals surface area (Å²) in [4.78, 5) is 11.1. The van der Waals surface area contributed by atoms with Gasteiger partial charge in [-0.2, -0.15) is 5.10 Å². The van der Waals surface area contributed by atoms with Crippen LogP contribution in [0.4, 0.5) is 0 Å². The molecule has 1 aromatic carbocycles. The number of aromatic nitrogens is 2. The van der Waals surface area contributed by atoms with E-state index >= 15 is 0 Å². The Labute approximate surface area is 135 Å². The first-order valence-corrected chi connectivity index (χ1v) is 8.59. The highest BCUT2D eigenvalue weighted by Crippen LogP contribution is 2.16. The van der Waals surface area contributed by atoms with Crippen LogP contribution in [0.2, 0.25) is 0 Å². The van der Waals surface area contributed by atoms with Crippen molar-refractivity contribution in [3.05, 3.63) is 47.8 Å². The second-order valence-electron chi connectivity index (χ2n) is 5.47. The smallest absolute Gasteiger partial charge is 0.335 e. The molecule has 1 aromatic heterocycles. The van der Waals surface area contributed by atoms with Gasteiger partial charge < -0.3 is 5.11 Å². The Hall–Kier alpha value is -2.19. The van der Waals surface area contributed by atoms with Gasteiger partial charge in [-0.15, -0.1) is 0 Å². The van der Waals surface area contributed by atoms with Crippen molar-refractivity contribution in [3.63, 3.8) is 0 Å². The van der Waals surface area contributed by atoms with Crippen molar-refractivity contribution in [1.82, 2.24) is 14.5 Å². The fourth-order valence-electron chi connectivity index (χ4n) is 2.13. The molecular formula is C15H19N3O4S. The van der Waals surface area contributed by atoms with Crippen LogP contribution < -0.4 is 4.72 Å². The van der Waals surface area contributed by atoms with Gasteiger partial charge in [0.2, 0.25) is 10.0 Å². The number of aromatic carboxylic acids is 1. The lowest BCUT2D eigenvalue weighted by Crippen LogP contribution is -2.30. The maximum Gasteiger partial charge on any atom is 0.335 e. The molecule has 0 fully saturated rings. The van der Waals surface area contributed by atoms with Gasteiger partial charge in [0.15, 0.2) is 0 Å². The second kappa shape index (κ2) is 6.93. The molecule has 0 saturated heterocycles. The average Bonchev–Trinajstić information content (AvgIpc) is 2.98. The number of nitrogens with one attached hydrogen (secondary N) is 1. The molecule has 8 heteroatoms. The molecule has 0 radical (unpaired) electrons. The molecule has 7 nitrogen and oxygen atoms in total. The van der Waals surface area contributed by atoms with E-state index in [0.717, 1.165) is 0 Å². The van der Waals surface area contributed by atoms with E-state index in [4.69, 9.17) is 5.11 Å². The summed E-state index contributed by atoms with van der Waals surface area (Å²) < 4.78 is 28.8. The number of carbonyl (C=O) groups is 1. The molecule has 1 unspecified atom stereocenters. The third-order valence-electron chi connectivity index (χ3n) is 3.43. The van der Waals surface area contributed by atoms with Crippen molar-refractivity contribution in [2.75, 3.05) is 6.54 Å². The summed E-state index contributed by atoms with van der Waals surface area (Å²) in [7, 11) is -3.75. The SMILES string of the molecule is Cc1ccc(S(=O)(=O)NCC(C)Cn2cccn2)cc1C(=O)O. The first-order chi connectivity index (χ1) is 10.8. The fourth-order valence-corrected chi connectivity index (χ4v) is 3.32. The predicted octanol–water partition coefficient (Wildman–Crippen LogP) is 1.50. The van der Waals surface area contributed by atoms with Crippen LogP contribution in [0, 0.1) is 12.8 Å². The van der Waals surface area contributed by atoms with E-state index in [2.05, 4.69) is 9.82 Å². The van der Waals surface area contributed by atoms with E-state index in [0.29, 0.717) is 12.1 Å². The molecule has 0 aliphatic carbocycles. The van der Waals surface area contributed by atoms with Gasteiger partial charge in [0.25, 0.3) is 0 Å². The summed E-state index contributed by atoms with van der Waals surface area (Å²) in [5.74, 6) is -1.11. The Kier molecular flexibility index (Phi) is 5.17. The van der Waals surface area contributed by atoms with Gasteiger partial charge in [-0.25, -0.2) is 17.9 Å². The predicted molar refractivity (Wildman–Crippen MR) is 84.7 cm³/mol. The topological polar surface area (TPSA) is 101 Å². The summed E-state index contributed by atoms with van der Waals surface area (Å²) >= 11 is 0. The Bertz CT molecular complexity index is 785. The minimum absolute atomic E-state index is 0.0162. The van der Waals surface area contributed by atoms with E-state index in [9.17, 15) is 13.2 Å². The molecule has 2 N–H and O–H groups in total. The van der Waals surface area contributed by atoms with Gasteiger partial charge in [0.1, 0.15) is 0 Å². The van der Waals surface area contributed by atoms with E-state index < -0.39 is 16.0 Å². The van der Waals surface area contributed by atoms with Crippen LogP contribution in [-0.4, -0.2) is 35.8 Å². The molecular weight excluding hydrogens is 318 g/mol. The highest BCUT2D eigenvalue weighted by molar-refractivity contribution is 7.89. The van der Waals surface area contributed by atoms with E-state index in [1.165, 1.54) is 18.2 Å². The zero-order valence-corrected chi connectivity index (χ0v) is 13.7. The zero-order chi connectivity index (χ0) is 17.0. The van der Waals surface area contributed by atoms with Crippen LogP contribution in [0.25, 0.3) is 0 Å². The number of benzene rings is 1. The van der Waals surface area contributed by atoms with Gasteiger partial charge in [0.05, 0.1) is 10.5 Å². The maximum absolute atomic E-state index is 12.3. The Balaban J connectivity index is 2.07. The van der Waals surface area contributed by atoms with E-state index in [1.54, 1.807) is 23.9 Å². The number of hydrogen-bond acceptors (Lipinski definition) is 4. The molecule has 1 atom stereocenters. The normalized spacial score (nSPS) is 13.0. The van der Waals surface area contributed by atoms with Crippen molar-refractivity contribution in [1.29, 1.82) is 0 Å². The lowest BCUT2D eigenvalue weighted by molar-refractivity contribution is 0.0696. The van der Waals surface area contributed by atoms with Crippen LogP contribution in [0.1, 0.15) is 22.8 Å². The largest absolute Gasteiger partial charge is 0.478 e. The minimum Gasteiger partial charge on any atom is -0.478 e. The third-order valence-corrected chi connectivity index (χ3v) is 4.85. The van der Waals surface area contributed by atoms with Gasteiger partial charge in [-0.3, -0.25) is 4.68 Å². The lowest BCUT2D eigenvalue weighted by Gasteiger charge is -2.13. The summed E-state index contributed by atoms with van der Waals surface area (Å²) in [5, 5.41) is 13.2. The van der Waals surface area contributed by atoms with Crippen LogP contribution in [-0.2, 0) is 16.6 Å². The summed E-state index contributed by atoms with van der Waals surface area (Å²) in [6.45, 7) is 4.35. The number of rotatable bonds is 7. The monoisotopic (exact) mass is 337 g/mol. The third kappa shape index (κ3) is 4.40. The molecule has 23 heavy (non-hydrogen) atoms. The standard InChI is InChI=1S/C15H19N3O4S/c1-11(10-18-7-3-6-16-18)9-17-23(21,22)13-5-4-12(2)14(8-13)15(19)20/h3-8,11,17H,9-10H2,1-2H3,(H,19,20). The van der Waals surface area contributed by atoms with Crippen molar-refractivity contribution in [3.8, 4) is 0 Å². The zero-order valence-electron chi connectivity index (χ0n) is 12.9. The first kappa shape index (κ1) is 17.2. The van der Waals surface area contributed by atoms with Crippen molar-refractivity contribution >= 4 is 16.0 Å². The molecule has 0 aliphatic rings. The number of aryl methyl sites for hydroxylation is 1. The average molecular weight is 337 g/mol. The molecule has 0 amide bonds. The number of carboxylic acid groups (broad SMARTS) is 1. The van der Waals surface area contributed by atoms with Crippen molar-refractivity contribution in [2.45, 2.75) is 25.3 Å². The van der Waals surface area contributed by atoms with Crippen LogP contribution in [0.5, 0.6) is 0 Å². The van der Waals surface area contributed by atoms with Crippen LogP contribution in [0.15, 0.2) is 41.6 Å². The molecule has 2 aromatic rings. The van der Waals surface area contributed by atoms with E-state index in [-0.39, 0.29) is 22.9 Å². The van der Waals surface area contributed by atoms with Crippen LogP contribution in [0.3, 0.4) is 0 Å². The number of sulfonamides is 1. The first-order valence-electron chi connectivity index (χ1n) is 7.10. The Morgan fingerprint density at radius 1 is 1.43 bits per heavy atom. The van der Waals surface area contributed by atoms with E-state index in [1.807, 2.05) is 13.1 Å². The van der Waals surface area contributed by atoms with Crippen LogP contribution >= 0.6 is 0 Å². The molecule has 2 rings (SSSR count). The Morgan fingerprint density at radius 2 is 2.17 bits per heavy atom. The number of nitrogens with zero attached hydrogens (tertiary/aromatic N) is 2. The maximum atomic E-state index is 12.3. The number of carboxylic acids is 1. The van der Waals surface area contributed by atoms with Gasteiger partial charge in [-0.1, -0.05) is 13.0 Å². The fraction of sp³-hybridized carbons (Fsp3) is 0.333. The van der Waals surface area contributed by atoms with Crippen molar-refractivity contribution in [2.24, 2.45) is 5.92 Å². The quantitative estimate of drug-likeness (QED) is 0.797. The molecule has 0 bridgehead atoms. The molecule has 0 aliphatic heterocycles. The van der Waals surface area contributed by atoms with Crippen molar-refractivity contribution < 1.29 is 18.3 Å². The van der Waals surface area contributed by atoms with Gasteiger partial charge in [-0.05, 0) is 36.6 Å². The second-order valence-corrected chi connectivity index (χ2v) is 7.23. The summed E-state index contributed by atoms with van der Waals surface area (Å²) in [6.07, 6.45) is 3.47. The van der Waals surface area contributed by atoms with Gasteiger partial charge >= 0.3 is 5.97 Å². The minimum atomic E-state index is -3.75. The lowest BCUT2D eigenvalue weighted by atomic mass is 10.1. The molecule has 1 heterocycles. The highest BCUT2D eigenvalue weighted by atomic mass is 32.2. The summed E-state index contributed by atoms with van der Waals surface area (Å²) in [6, 6.07) is 5.88. The molecule has 0 spiro atoms.